The van der Waals surface area contributed by atoms with Crippen LogP contribution in [0.3, 0.4) is 0 Å². The van der Waals surface area contributed by atoms with Crippen molar-refractivity contribution < 1.29 is 19.4 Å². The van der Waals surface area contributed by atoms with E-state index in [1.165, 1.54) is 0 Å². The molecule has 0 saturated carbocycles. The van der Waals surface area contributed by atoms with Gasteiger partial charge in [-0.05, 0) is 39.0 Å². The Hall–Kier alpha value is -2.01. The van der Waals surface area contributed by atoms with E-state index in [9.17, 15) is 4.79 Å². The Morgan fingerprint density at radius 2 is 2.10 bits per heavy atom. The maximum absolute atomic E-state index is 11.8. The third-order valence-electron chi connectivity index (χ3n) is 2.30. The molecule has 0 heterocycles. The zero-order valence-electron chi connectivity index (χ0n) is 12.3. The van der Waals surface area contributed by atoms with E-state index in [4.69, 9.17) is 14.6 Å². The smallest absolute Gasteiger partial charge is 0.412 e. The predicted molar refractivity (Wildman–Crippen MR) is 79.0 cm³/mol. The van der Waals surface area contributed by atoms with Gasteiger partial charge in [-0.25, -0.2) is 4.79 Å². The highest BCUT2D eigenvalue weighted by molar-refractivity contribution is 5.88. The highest BCUT2D eigenvalue weighted by Crippen LogP contribution is 2.24. The van der Waals surface area contributed by atoms with E-state index in [2.05, 4.69) is 5.32 Å². The molecule has 1 rings (SSSR count). The molecule has 1 aromatic carbocycles. The first-order valence-electron chi connectivity index (χ1n) is 6.31. The van der Waals surface area contributed by atoms with Crippen LogP contribution in [0, 0.1) is 0 Å². The number of carbonyl (C=O) groups is 1. The summed E-state index contributed by atoms with van der Waals surface area (Å²) in [6.45, 7) is 5.32. The molecular weight excluding hydrogens is 258 g/mol. The summed E-state index contributed by atoms with van der Waals surface area (Å²) in [4.78, 5) is 11.8. The van der Waals surface area contributed by atoms with E-state index in [1.807, 2.05) is 0 Å². The fraction of sp³-hybridized carbons (Fsp3) is 0.400. The molecule has 0 aliphatic carbocycles. The molecule has 2 N–H and O–H groups in total. The van der Waals surface area contributed by atoms with E-state index in [0.717, 1.165) is 5.56 Å². The molecule has 0 unspecified atom stereocenters. The number of hydrogen-bond acceptors (Lipinski definition) is 4. The number of rotatable bonds is 4. The first kappa shape index (κ1) is 16.0. The molecule has 0 aliphatic rings. The molecule has 0 aromatic heterocycles. The van der Waals surface area contributed by atoms with Crippen LogP contribution in [0.5, 0.6) is 5.75 Å². The van der Waals surface area contributed by atoms with Gasteiger partial charge < -0.3 is 14.6 Å². The van der Waals surface area contributed by atoms with Crippen LogP contribution in [0.4, 0.5) is 10.5 Å². The molecule has 0 fully saturated rings. The summed E-state index contributed by atoms with van der Waals surface area (Å²) in [7, 11) is 1.57. The zero-order chi connectivity index (χ0) is 15.2. The lowest BCUT2D eigenvalue weighted by Gasteiger charge is -2.20. The van der Waals surface area contributed by atoms with Gasteiger partial charge in [0.05, 0.1) is 19.4 Å². The Morgan fingerprint density at radius 1 is 1.40 bits per heavy atom. The van der Waals surface area contributed by atoms with E-state index >= 15 is 0 Å². The third kappa shape index (κ3) is 5.32. The van der Waals surface area contributed by atoms with E-state index in [1.54, 1.807) is 58.2 Å². The number of carbonyl (C=O) groups excluding carboxylic acids is 1. The molecule has 110 valence electrons. The Bertz CT molecular complexity index is 489. The van der Waals surface area contributed by atoms with Gasteiger partial charge in [0.1, 0.15) is 11.4 Å². The van der Waals surface area contributed by atoms with Crippen molar-refractivity contribution in [2.75, 3.05) is 19.0 Å². The standard InChI is InChI=1S/C15H21NO4/c1-15(2,3)20-14(18)16-13-8-7-12(19-4)10-11(13)6-5-9-17/h5-8,10,17H,9H2,1-4H3,(H,16,18)/b6-5+. The number of nitrogens with one attached hydrogen (secondary N) is 1. The largest absolute Gasteiger partial charge is 0.497 e. The van der Waals surface area contributed by atoms with Crippen molar-refractivity contribution in [3.05, 3.63) is 29.8 Å². The van der Waals surface area contributed by atoms with Gasteiger partial charge in [0.2, 0.25) is 0 Å². The number of benzene rings is 1. The minimum absolute atomic E-state index is 0.0803. The van der Waals surface area contributed by atoms with Crippen LogP contribution in [0.25, 0.3) is 6.08 Å². The highest BCUT2D eigenvalue weighted by atomic mass is 16.6. The van der Waals surface area contributed by atoms with Crippen molar-refractivity contribution in [3.8, 4) is 5.75 Å². The molecular formula is C15H21NO4. The molecule has 0 atom stereocenters. The summed E-state index contributed by atoms with van der Waals surface area (Å²) < 4.78 is 10.3. The monoisotopic (exact) mass is 279 g/mol. The second kappa shape index (κ2) is 6.96. The second-order valence-corrected chi connectivity index (χ2v) is 5.17. The lowest BCUT2D eigenvalue weighted by Crippen LogP contribution is -2.27. The van der Waals surface area contributed by atoms with Crippen molar-refractivity contribution in [2.45, 2.75) is 26.4 Å². The Kier molecular flexibility index (Phi) is 5.58. The zero-order valence-corrected chi connectivity index (χ0v) is 12.3. The normalized spacial score (nSPS) is 11.4. The van der Waals surface area contributed by atoms with Crippen LogP contribution in [-0.4, -0.2) is 30.5 Å². The van der Waals surface area contributed by atoms with Crippen LogP contribution in [-0.2, 0) is 4.74 Å². The van der Waals surface area contributed by atoms with Crippen LogP contribution < -0.4 is 10.1 Å². The summed E-state index contributed by atoms with van der Waals surface area (Å²) in [5.74, 6) is 0.664. The molecule has 1 amide bonds. The van der Waals surface area contributed by atoms with Gasteiger partial charge in [-0.2, -0.15) is 0 Å². The molecule has 5 heteroatoms. The lowest BCUT2D eigenvalue weighted by atomic mass is 10.1. The molecule has 5 nitrogen and oxygen atoms in total. The average Bonchev–Trinajstić information content (AvgIpc) is 2.35. The first-order chi connectivity index (χ1) is 9.35. The Morgan fingerprint density at radius 3 is 2.65 bits per heavy atom. The maximum atomic E-state index is 11.8. The minimum atomic E-state index is -0.558. The molecule has 0 spiro atoms. The minimum Gasteiger partial charge on any atom is -0.497 e. The number of amides is 1. The Labute approximate surface area is 119 Å². The second-order valence-electron chi connectivity index (χ2n) is 5.17. The first-order valence-corrected chi connectivity index (χ1v) is 6.31. The van der Waals surface area contributed by atoms with Crippen molar-refractivity contribution in [2.24, 2.45) is 0 Å². The summed E-state index contributed by atoms with van der Waals surface area (Å²) in [5, 5.41) is 11.5. The SMILES string of the molecule is COc1ccc(NC(=O)OC(C)(C)C)c(/C=C/CO)c1. The topological polar surface area (TPSA) is 67.8 Å². The van der Waals surface area contributed by atoms with Gasteiger partial charge in [0.25, 0.3) is 0 Å². The highest BCUT2D eigenvalue weighted by Gasteiger charge is 2.17. The predicted octanol–water partition coefficient (Wildman–Crippen LogP) is 3.05. The van der Waals surface area contributed by atoms with Crippen molar-refractivity contribution in [1.82, 2.24) is 0 Å². The number of methoxy groups -OCH3 is 1. The molecule has 0 bridgehead atoms. The van der Waals surface area contributed by atoms with Crippen molar-refractivity contribution in [1.29, 1.82) is 0 Å². The molecule has 0 aliphatic heterocycles. The van der Waals surface area contributed by atoms with E-state index in [0.29, 0.717) is 11.4 Å². The molecule has 1 aromatic rings. The van der Waals surface area contributed by atoms with Crippen molar-refractivity contribution >= 4 is 17.9 Å². The van der Waals surface area contributed by atoms with Crippen molar-refractivity contribution in [3.63, 3.8) is 0 Å². The number of ether oxygens (including phenoxy) is 2. The number of aliphatic hydroxyl groups excluding tert-OH is 1. The Balaban J connectivity index is 2.93. The summed E-state index contributed by atoms with van der Waals surface area (Å²) in [6.07, 6.45) is 2.76. The van der Waals surface area contributed by atoms with Crippen LogP contribution >= 0.6 is 0 Å². The van der Waals surface area contributed by atoms with Gasteiger partial charge in [-0.15, -0.1) is 0 Å². The molecule has 0 radical (unpaired) electrons. The van der Waals surface area contributed by atoms with Crippen LogP contribution in [0.15, 0.2) is 24.3 Å². The number of aliphatic hydroxyl groups is 1. The molecule has 0 saturated heterocycles. The fourth-order valence-electron chi connectivity index (χ4n) is 1.51. The molecule has 20 heavy (non-hydrogen) atoms. The van der Waals surface area contributed by atoms with Gasteiger partial charge in [-0.1, -0.05) is 12.2 Å². The summed E-state index contributed by atoms with van der Waals surface area (Å²) in [5.41, 5.74) is 0.756. The van der Waals surface area contributed by atoms with Gasteiger partial charge in [-0.3, -0.25) is 5.32 Å². The lowest BCUT2D eigenvalue weighted by molar-refractivity contribution is 0.0636. The van der Waals surface area contributed by atoms with E-state index < -0.39 is 11.7 Å². The summed E-state index contributed by atoms with van der Waals surface area (Å²) >= 11 is 0. The quantitative estimate of drug-likeness (QED) is 0.889. The fourth-order valence-corrected chi connectivity index (χ4v) is 1.51. The average molecular weight is 279 g/mol. The maximum Gasteiger partial charge on any atom is 0.412 e. The van der Waals surface area contributed by atoms with Gasteiger partial charge in [0.15, 0.2) is 0 Å². The third-order valence-corrected chi connectivity index (χ3v) is 2.30. The summed E-state index contributed by atoms with van der Waals surface area (Å²) in [6, 6.07) is 5.22. The van der Waals surface area contributed by atoms with Gasteiger partial charge >= 0.3 is 6.09 Å². The van der Waals surface area contributed by atoms with Crippen LogP contribution in [0.2, 0.25) is 0 Å². The number of hydrogen-bond donors (Lipinski definition) is 2. The van der Waals surface area contributed by atoms with Crippen LogP contribution in [0.1, 0.15) is 26.3 Å². The van der Waals surface area contributed by atoms with Gasteiger partial charge in [0, 0.05) is 5.56 Å². The number of anilines is 1. The van der Waals surface area contributed by atoms with E-state index in [-0.39, 0.29) is 6.61 Å².